The van der Waals surface area contributed by atoms with Crippen molar-refractivity contribution in [3.05, 3.63) is 41.8 Å². The van der Waals surface area contributed by atoms with Crippen LogP contribution in [0.25, 0.3) is 0 Å². The van der Waals surface area contributed by atoms with Gasteiger partial charge in [0.25, 0.3) is 5.03 Å². The van der Waals surface area contributed by atoms with Crippen molar-refractivity contribution in [1.82, 2.24) is 0 Å². The third-order valence-electron chi connectivity index (χ3n) is 1.33. The second kappa shape index (κ2) is 5.94. The van der Waals surface area contributed by atoms with Crippen molar-refractivity contribution in [3.8, 4) is 0 Å². The summed E-state index contributed by atoms with van der Waals surface area (Å²) in [4.78, 5) is 0. The van der Waals surface area contributed by atoms with Gasteiger partial charge in [-0.3, -0.25) is 0 Å². The van der Waals surface area contributed by atoms with Crippen LogP contribution >= 0.6 is 21.6 Å². The normalized spacial score (nSPS) is 10.8. The smallest absolute Gasteiger partial charge is 0.261 e. The van der Waals surface area contributed by atoms with Crippen LogP contribution in [-0.2, 0) is 0 Å². The Balaban J connectivity index is 2.41. The van der Waals surface area contributed by atoms with Gasteiger partial charge in [-0.15, -0.1) is 0 Å². The SMILES string of the molecule is C/C=C/CSSc1cccc[n+]1[O-]. The highest BCUT2D eigenvalue weighted by Crippen LogP contribution is 2.27. The second-order valence-corrected chi connectivity index (χ2v) is 4.66. The van der Waals surface area contributed by atoms with Gasteiger partial charge in [0.1, 0.15) is 0 Å². The van der Waals surface area contributed by atoms with E-state index < -0.39 is 0 Å². The van der Waals surface area contributed by atoms with Crippen LogP contribution in [0, 0.1) is 5.21 Å². The molecule has 0 aliphatic carbocycles. The van der Waals surface area contributed by atoms with E-state index in [4.69, 9.17) is 0 Å². The molecule has 0 saturated heterocycles. The first kappa shape index (κ1) is 10.5. The van der Waals surface area contributed by atoms with E-state index in [-0.39, 0.29) is 0 Å². The van der Waals surface area contributed by atoms with E-state index in [1.54, 1.807) is 16.9 Å². The van der Waals surface area contributed by atoms with Crippen molar-refractivity contribution in [1.29, 1.82) is 0 Å². The minimum absolute atomic E-state index is 0.733. The van der Waals surface area contributed by atoms with Crippen LogP contribution in [0.1, 0.15) is 6.92 Å². The first-order valence-corrected chi connectivity index (χ1v) is 6.25. The Morgan fingerprint density at radius 2 is 2.38 bits per heavy atom. The molecule has 0 amide bonds. The van der Waals surface area contributed by atoms with E-state index in [0.717, 1.165) is 15.5 Å². The number of hydrogen-bond donors (Lipinski definition) is 0. The van der Waals surface area contributed by atoms with Crippen LogP contribution < -0.4 is 4.73 Å². The van der Waals surface area contributed by atoms with Crippen LogP contribution in [0.2, 0.25) is 0 Å². The van der Waals surface area contributed by atoms with Crippen molar-refractivity contribution in [2.45, 2.75) is 11.9 Å². The monoisotopic (exact) mass is 213 g/mol. The van der Waals surface area contributed by atoms with Crippen molar-refractivity contribution >= 4 is 21.6 Å². The van der Waals surface area contributed by atoms with E-state index in [2.05, 4.69) is 6.08 Å². The molecule has 1 aromatic rings. The lowest BCUT2D eigenvalue weighted by Gasteiger charge is -2.00. The van der Waals surface area contributed by atoms with Gasteiger partial charge in [-0.1, -0.05) is 22.9 Å². The summed E-state index contributed by atoms with van der Waals surface area (Å²) in [7, 11) is 3.16. The van der Waals surface area contributed by atoms with Gasteiger partial charge in [0.05, 0.1) is 0 Å². The zero-order valence-corrected chi connectivity index (χ0v) is 8.98. The molecule has 1 aromatic heterocycles. The molecule has 13 heavy (non-hydrogen) atoms. The van der Waals surface area contributed by atoms with E-state index in [1.807, 2.05) is 25.1 Å². The fourth-order valence-electron chi connectivity index (χ4n) is 0.707. The molecule has 0 spiro atoms. The summed E-state index contributed by atoms with van der Waals surface area (Å²) in [6, 6.07) is 5.42. The highest BCUT2D eigenvalue weighted by molar-refractivity contribution is 8.76. The Morgan fingerprint density at radius 3 is 3.08 bits per heavy atom. The van der Waals surface area contributed by atoms with E-state index in [1.165, 1.54) is 17.0 Å². The summed E-state index contributed by atoms with van der Waals surface area (Å²) in [5.74, 6) is 0.927. The lowest BCUT2D eigenvalue weighted by molar-refractivity contribution is -0.645. The van der Waals surface area contributed by atoms with E-state index in [0.29, 0.717) is 0 Å². The minimum Gasteiger partial charge on any atom is -0.618 e. The zero-order valence-electron chi connectivity index (χ0n) is 7.34. The van der Waals surface area contributed by atoms with Crippen LogP contribution in [0.3, 0.4) is 0 Å². The number of aromatic nitrogens is 1. The third kappa shape index (κ3) is 3.74. The third-order valence-corrected chi connectivity index (χ3v) is 3.54. The molecule has 0 aromatic carbocycles. The zero-order chi connectivity index (χ0) is 9.52. The number of nitrogens with zero attached hydrogens (tertiary/aromatic N) is 1. The molecule has 0 radical (unpaired) electrons. The molecular formula is C9H11NOS2. The van der Waals surface area contributed by atoms with Gasteiger partial charge in [0.2, 0.25) is 0 Å². The van der Waals surface area contributed by atoms with Crippen molar-refractivity contribution < 1.29 is 4.73 Å². The lowest BCUT2D eigenvalue weighted by Crippen LogP contribution is -2.27. The Morgan fingerprint density at radius 1 is 1.54 bits per heavy atom. The predicted molar refractivity (Wildman–Crippen MR) is 58.5 cm³/mol. The Bertz CT molecular complexity index is 289. The molecule has 0 aliphatic heterocycles. The van der Waals surface area contributed by atoms with Gasteiger partial charge in [-0.05, 0) is 13.0 Å². The molecule has 1 rings (SSSR count). The molecule has 4 heteroatoms. The maximum atomic E-state index is 11.1. The quantitative estimate of drug-likeness (QED) is 0.253. The maximum Gasteiger partial charge on any atom is 0.261 e. The Kier molecular flexibility index (Phi) is 4.78. The molecule has 0 atom stereocenters. The molecule has 0 saturated carbocycles. The molecule has 0 bridgehead atoms. The predicted octanol–water partition coefficient (Wildman–Crippen LogP) is 2.64. The number of allylic oxidation sites excluding steroid dienone is 1. The first-order chi connectivity index (χ1) is 6.34. The molecule has 70 valence electrons. The standard InChI is InChI=1S/C9H11NOS2/c1-2-3-8-12-13-9-6-4-5-7-10(9)11/h2-7H,8H2,1H3/b3-2+. The molecule has 0 N–H and O–H groups in total. The van der Waals surface area contributed by atoms with Crippen LogP contribution in [-0.4, -0.2) is 5.75 Å². The summed E-state index contributed by atoms with van der Waals surface area (Å²) >= 11 is 0. The average Bonchev–Trinajstić information content (AvgIpc) is 2.15. The summed E-state index contributed by atoms with van der Waals surface area (Å²) in [5, 5.41) is 11.9. The topological polar surface area (TPSA) is 26.9 Å². The molecular weight excluding hydrogens is 202 g/mol. The molecule has 1 heterocycles. The van der Waals surface area contributed by atoms with Crippen molar-refractivity contribution in [2.24, 2.45) is 0 Å². The fraction of sp³-hybridized carbons (Fsp3) is 0.222. The van der Waals surface area contributed by atoms with Gasteiger partial charge in [-0.25, -0.2) is 0 Å². The Hall–Kier alpha value is -0.610. The van der Waals surface area contributed by atoms with E-state index >= 15 is 0 Å². The van der Waals surface area contributed by atoms with Crippen LogP contribution in [0.15, 0.2) is 41.6 Å². The van der Waals surface area contributed by atoms with Gasteiger partial charge in [0.15, 0.2) is 6.20 Å². The van der Waals surface area contributed by atoms with Gasteiger partial charge >= 0.3 is 0 Å². The summed E-state index contributed by atoms with van der Waals surface area (Å²) in [5.41, 5.74) is 0. The second-order valence-electron chi connectivity index (χ2n) is 2.30. The van der Waals surface area contributed by atoms with Crippen molar-refractivity contribution in [3.63, 3.8) is 0 Å². The highest BCUT2D eigenvalue weighted by atomic mass is 33.1. The van der Waals surface area contributed by atoms with Crippen LogP contribution in [0.4, 0.5) is 0 Å². The fourth-order valence-corrected chi connectivity index (χ4v) is 2.62. The van der Waals surface area contributed by atoms with Gasteiger partial charge < -0.3 is 5.21 Å². The number of hydrogen-bond acceptors (Lipinski definition) is 3. The number of rotatable bonds is 4. The van der Waals surface area contributed by atoms with Gasteiger partial charge in [0, 0.05) is 28.7 Å². The molecule has 0 unspecified atom stereocenters. The van der Waals surface area contributed by atoms with Crippen LogP contribution in [0.5, 0.6) is 0 Å². The average molecular weight is 213 g/mol. The summed E-state index contributed by atoms with van der Waals surface area (Å²) < 4.78 is 0.882. The molecule has 0 fully saturated rings. The highest BCUT2D eigenvalue weighted by Gasteiger charge is 2.02. The van der Waals surface area contributed by atoms with Gasteiger partial charge in [-0.2, -0.15) is 4.73 Å². The Labute approximate surface area is 86.0 Å². The maximum absolute atomic E-state index is 11.1. The molecule has 0 aliphatic rings. The van der Waals surface area contributed by atoms with Crippen molar-refractivity contribution in [2.75, 3.05) is 5.75 Å². The summed E-state index contributed by atoms with van der Waals surface area (Å²) in [6.45, 7) is 1.99. The largest absolute Gasteiger partial charge is 0.618 e. The first-order valence-electron chi connectivity index (χ1n) is 3.93. The molecule has 2 nitrogen and oxygen atoms in total. The minimum atomic E-state index is 0.733. The van der Waals surface area contributed by atoms with E-state index in [9.17, 15) is 5.21 Å². The lowest BCUT2D eigenvalue weighted by atomic mass is 10.5. The number of pyridine rings is 1. The summed E-state index contributed by atoms with van der Waals surface area (Å²) in [6.07, 6.45) is 5.58.